The number of rotatable bonds is 4. The van der Waals surface area contributed by atoms with Crippen LogP contribution in [0.3, 0.4) is 0 Å². The van der Waals surface area contributed by atoms with Crippen LogP contribution < -0.4 is 21.2 Å². The Hall–Kier alpha value is -4.32. The van der Waals surface area contributed by atoms with E-state index in [1.165, 1.54) is 0 Å². The molecule has 0 aliphatic carbocycles. The fraction of sp³-hybridized carbons (Fsp3) is 0. The molecule has 0 aromatic heterocycles. The highest BCUT2D eigenvalue weighted by Crippen LogP contribution is 2.43. The summed E-state index contributed by atoms with van der Waals surface area (Å²) in [5, 5.41) is 2.78. The molecule has 0 unspecified atom stereocenters. The highest BCUT2D eigenvalue weighted by atomic mass is 31.2. The lowest BCUT2D eigenvalue weighted by Gasteiger charge is -2.13. The quantitative estimate of drug-likeness (QED) is 0.203. The topological polar surface area (TPSA) is 34.1 Å². The minimum atomic E-state index is -3.17. The first-order valence-electron chi connectivity index (χ1n) is 12.2. The Morgan fingerprint density at radius 2 is 0.658 bits per heavy atom. The summed E-state index contributed by atoms with van der Waals surface area (Å²) in [6.07, 6.45) is 0. The van der Waals surface area contributed by atoms with E-state index in [0.29, 0.717) is 32.3 Å². The van der Waals surface area contributed by atoms with Crippen LogP contribution >= 0.6 is 14.3 Å². The molecule has 0 aliphatic rings. The van der Waals surface area contributed by atoms with Gasteiger partial charge in [-0.05, 0) is 29.5 Å². The molecule has 0 heterocycles. The van der Waals surface area contributed by atoms with Crippen molar-refractivity contribution in [2.24, 2.45) is 0 Å². The van der Waals surface area contributed by atoms with E-state index in [2.05, 4.69) is 23.2 Å². The van der Waals surface area contributed by atoms with E-state index in [0.717, 1.165) is 0 Å². The Balaban J connectivity index is 1.54. The van der Waals surface area contributed by atoms with E-state index in [4.69, 9.17) is 0 Å². The minimum absolute atomic E-state index is 0.693. The second kappa shape index (κ2) is 11.4. The molecule has 0 radical (unpaired) electrons. The molecule has 4 heteroatoms. The zero-order chi connectivity index (χ0) is 26.3. The molecule has 2 nitrogen and oxygen atoms in total. The van der Waals surface area contributed by atoms with E-state index in [9.17, 15) is 9.13 Å². The Kier molecular flexibility index (Phi) is 7.59. The molecule has 0 spiro atoms. The van der Waals surface area contributed by atoms with Crippen molar-refractivity contribution in [2.75, 3.05) is 0 Å². The van der Waals surface area contributed by atoms with Crippen LogP contribution in [-0.2, 0) is 9.13 Å². The van der Waals surface area contributed by atoms with Crippen molar-refractivity contribution in [3.05, 3.63) is 157 Å². The van der Waals surface area contributed by atoms with Gasteiger partial charge in [-0.2, -0.15) is 0 Å². The zero-order valence-corrected chi connectivity index (χ0v) is 22.4. The van der Waals surface area contributed by atoms with E-state index >= 15 is 0 Å². The lowest BCUT2D eigenvalue weighted by molar-refractivity contribution is 0.592. The van der Waals surface area contributed by atoms with Gasteiger partial charge in [0.1, 0.15) is 0 Å². The van der Waals surface area contributed by atoms with Gasteiger partial charge in [0.15, 0.2) is 0 Å². The van der Waals surface area contributed by atoms with Crippen LogP contribution in [-0.4, -0.2) is 0 Å². The lowest BCUT2D eigenvalue weighted by atomic mass is 10.1. The summed E-state index contributed by atoms with van der Waals surface area (Å²) in [4.78, 5) is 0. The summed E-state index contributed by atoms with van der Waals surface area (Å²) in [6.45, 7) is 0. The first kappa shape index (κ1) is 25.3. The van der Waals surface area contributed by atoms with Gasteiger partial charge in [-0.15, -0.1) is 0 Å². The molecule has 0 bridgehead atoms. The van der Waals surface area contributed by atoms with Gasteiger partial charge in [0.05, 0.1) is 0 Å². The molecule has 0 atom stereocenters. The Bertz CT molecular complexity index is 1540. The number of benzene rings is 5. The van der Waals surface area contributed by atoms with Crippen LogP contribution in [0.4, 0.5) is 0 Å². The molecule has 0 amide bonds. The molecule has 0 saturated carbocycles. The smallest absolute Gasteiger partial charge is 0.211 e. The molecule has 182 valence electrons. The van der Waals surface area contributed by atoms with Crippen molar-refractivity contribution in [3.8, 4) is 23.2 Å². The van der Waals surface area contributed by atoms with Crippen LogP contribution in [0.5, 0.6) is 0 Å². The summed E-state index contributed by atoms with van der Waals surface area (Å²) in [5.74, 6) is 6.27. The van der Waals surface area contributed by atoms with Crippen molar-refractivity contribution in [2.45, 2.75) is 0 Å². The van der Waals surface area contributed by atoms with Crippen LogP contribution in [0.1, 0.15) is 11.1 Å². The average Bonchev–Trinajstić information content (AvgIpc) is 3.00. The molecule has 0 fully saturated rings. The third-order valence-electron chi connectivity index (χ3n) is 6.06. The zero-order valence-electron chi connectivity index (χ0n) is 20.6. The second-order valence-electron chi connectivity index (χ2n) is 8.62. The van der Waals surface area contributed by atoms with Crippen LogP contribution in [0.25, 0.3) is 0 Å². The molecule has 5 aromatic carbocycles. The molecule has 0 saturated heterocycles. The summed E-state index contributed by atoms with van der Waals surface area (Å²) in [5.41, 5.74) is 7.58. The van der Waals surface area contributed by atoms with Gasteiger partial charge in [0.2, 0.25) is 14.3 Å². The highest BCUT2D eigenvalue weighted by Gasteiger charge is 2.25. The Morgan fingerprint density at radius 1 is 0.368 bits per heavy atom. The van der Waals surface area contributed by atoms with E-state index in [-0.39, 0.29) is 0 Å². The number of hydrogen-bond donors (Lipinski definition) is 0. The van der Waals surface area contributed by atoms with Crippen molar-refractivity contribution in [3.63, 3.8) is 0 Å². The van der Waals surface area contributed by atoms with Gasteiger partial charge in [-0.1, -0.05) is 139 Å². The molecule has 5 rings (SSSR count). The molecule has 0 N–H and O–H groups in total. The van der Waals surface area contributed by atoms with Gasteiger partial charge in [0.25, 0.3) is 0 Å². The van der Waals surface area contributed by atoms with Crippen molar-refractivity contribution in [1.82, 2.24) is 0 Å². The van der Waals surface area contributed by atoms with Crippen molar-refractivity contribution >= 4 is 35.5 Å². The van der Waals surface area contributed by atoms with Crippen LogP contribution in [0.15, 0.2) is 146 Å². The average molecular weight is 527 g/mol. The first-order valence-corrected chi connectivity index (χ1v) is 15.6. The summed E-state index contributed by atoms with van der Waals surface area (Å²) < 4.78 is 28.4. The summed E-state index contributed by atoms with van der Waals surface area (Å²) in [7, 11) is -6.34. The maximum absolute atomic E-state index is 14.2. The first-order chi connectivity index (χ1) is 18.6. The molecular weight excluding hydrogens is 502 g/mol. The van der Waals surface area contributed by atoms with Gasteiger partial charge >= 0.3 is 0 Å². The van der Waals surface area contributed by atoms with Gasteiger partial charge < -0.3 is 0 Å². The fourth-order valence-electron chi connectivity index (χ4n) is 4.07. The third kappa shape index (κ3) is 5.49. The number of hydrogen-bond acceptors (Lipinski definition) is 2. The summed E-state index contributed by atoms with van der Waals surface area (Å²) in [6, 6.07) is 44.9. The van der Waals surface area contributed by atoms with Crippen molar-refractivity contribution in [1.29, 1.82) is 0 Å². The maximum Gasteiger partial charge on any atom is 0.211 e. The lowest BCUT2D eigenvalue weighted by Crippen LogP contribution is -2.14. The maximum atomic E-state index is 14.2. The Labute approximate surface area is 224 Å². The summed E-state index contributed by atoms with van der Waals surface area (Å²) >= 11 is 0. The SMILES string of the molecule is O=P(C#Cc1cccc(C#CP(=O)(c2ccccc2)c2ccccc2)c1)(c1ccccc1)c1ccccc1. The molecular formula is C34H24O2P2. The largest absolute Gasteiger partial charge is 0.300 e. The van der Waals surface area contributed by atoms with Gasteiger partial charge in [-0.3, -0.25) is 9.13 Å². The molecule has 38 heavy (non-hydrogen) atoms. The van der Waals surface area contributed by atoms with E-state index in [1.807, 2.05) is 146 Å². The van der Waals surface area contributed by atoms with Crippen LogP contribution in [0.2, 0.25) is 0 Å². The third-order valence-corrected chi connectivity index (χ3v) is 11.0. The minimum Gasteiger partial charge on any atom is -0.300 e. The predicted molar refractivity (Wildman–Crippen MR) is 160 cm³/mol. The molecule has 5 aromatic rings. The monoisotopic (exact) mass is 526 g/mol. The van der Waals surface area contributed by atoms with Gasteiger partial charge in [0, 0.05) is 32.3 Å². The van der Waals surface area contributed by atoms with Crippen molar-refractivity contribution < 1.29 is 9.13 Å². The van der Waals surface area contributed by atoms with E-state index in [1.54, 1.807) is 0 Å². The standard InChI is InChI=1S/C34H24O2P2/c35-37(31-16-5-1-6-17-31,32-18-7-2-8-19-32)26-24-29-14-13-15-30(28-29)25-27-38(36,33-20-9-3-10-21-33)34-22-11-4-12-23-34/h1-23,28H. The fourth-order valence-corrected chi connectivity index (χ4v) is 8.12. The Morgan fingerprint density at radius 3 is 0.947 bits per heavy atom. The molecule has 0 aliphatic heterocycles. The van der Waals surface area contributed by atoms with E-state index < -0.39 is 14.3 Å². The normalized spacial score (nSPS) is 10.9. The second-order valence-corrected chi connectivity index (χ2v) is 13.6. The predicted octanol–water partition coefficient (Wildman–Crippen LogP) is 6.33. The highest BCUT2D eigenvalue weighted by molar-refractivity contribution is 7.83. The van der Waals surface area contributed by atoms with Crippen LogP contribution in [0, 0.1) is 23.2 Å². The van der Waals surface area contributed by atoms with Gasteiger partial charge in [-0.25, -0.2) is 0 Å².